The van der Waals surface area contributed by atoms with Crippen LogP contribution in [0.5, 0.6) is 0 Å². The van der Waals surface area contributed by atoms with Gasteiger partial charge in [0.2, 0.25) is 5.91 Å². The average molecular weight is 350 g/mol. The highest BCUT2D eigenvalue weighted by Crippen LogP contribution is 2.19. The third-order valence-electron chi connectivity index (χ3n) is 5.12. The predicted octanol–water partition coefficient (Wildman–Crippen LogP) is -0.671. The number of ether oxygens (including phenoxy) is 1. The first-order chi connectivity index (χ1) is 12.1. The van der Waals surface area contributed by atoms with Crippen molar-refractivity contribution in [1.82, 2.24) is 19.4 Å². The Morgan fingerprint density at radius 1 is 1.24 bits per heavy atom. The van der Waals surface area contributed by atoms with E-state index in [2.05, 4.69) is 9.88 Å². The van der Waals surface area contributed by atoms with Gasteiger partial charge in [-0.15, -0.1) is 0 Å². The Morgan fingerprint density at radius 3 is 2.76 bits per heavy atom. The molecule has 3 heterocycles. The van der Waals surface area contributed by atoms with E-state index in [0.717, 1.165) is 63.2 Å². The molecule has 2 saturated heterocycles. The number of amides is 1. The van der Waals surface area contributed by atoms with Crippen LogP contribution in [0.4, 0.5) is 0 Å². The van der Waals surface area contributed by atoms with Crippen LogP contribution in [0.3, 0.4) is 0 Å². The van der Waals surface area contributed by atoms with E-state index in [9.17, 15) is 14.4 Å². The Bertz CT molecular complexity index is 720. The van der Waals surface area contributed by atoms with Gasteiger partial charge in [0.25, 0.3) is 5.56 Å². The molecule has 0 radical (unpaired) electrons. The number of rotatable bonds is 4. The summed E-state index contributed by atoms with van der Waals surface area (Å²) in [5.41, 5.74) is -0.536. The van der Waals surface area contributed by atoms with E-state index in [1.54, 1.807) is 0 Å². The van der Waals surface area contributed by atoms with Gasteiger partial charge < -0.3 is 14.6 Å². The Labute approximate surface area is 146 Å². The van der Waals surface area contributed by atoms with Crippen LogP contribution in [0.25, 0.3) is 0 Å². The number of aromatic nitrogens is 2. The number of morpholine rings is 1. The average Bonchev–Trinajstić information content (AvgIpc) is 2.63. The molecule has 2 fully saturated rings. The Balaban J connectivity index is 1.69. The third kappa shape index (κ3) is 4.19. The van der Waals surface area contributed by atoms with Gasteiger partial charge in [-0.1, -0.05) is 0 Å². The van der Waals surface area contributed by atoms with Crippen molar-refractivity contribution in [3.8, 4) is 0 Å². The lowest BCUT2D eigenvalue weighted by atomic mass is 10.00. The maximum absolute atomic E-state index is 12.8. The number of nitrogens with one attached hydrogen (secondary N) is 1. The van der Waals surface area contributed by atoms with Crippen LogP contribution in [0.15, 0.2) is 15.8 Å². The lowest BCUT2D eigenvalue weighted by Gasteiger charge is -2.39. The van der Waals surface area contributed by atoms with Gasteiger partial charge in [0, 0.05) is 51.0 Å². The fourth-order valence-electron chi connectivity index (χ4n) is 3.61. The molecule has 8 heteroatoms. The Kier molecular flexibility index (Phi) is 5.70. The van der Waals surface area contributed by atoms with Gasteiger partial charge in [-0.2, -0.15) is 0 Å². The van der Waals surface area contributed by atoms with E-state index in [4.69, 9.17) is 4.74 Å². The molecule has 2 aliphatic heterocycles. The molecule has 3 rings (SSSR count). The fourth-order valence-corrected chi connectivity index (χ4v) is 3.61. The van der Waals surface area contributed by atoms with Crippen molar-refractivity contribution in [3.05, 3.63) is 32.6 Å². The molecule has 25 heavy (non-hydrogen) atoms. The van der Waals surface area contributed by atoms with Crippen LogP contribution in [0.1, 0.15) is 24.8 Å². The molecule has 2 aliphatic rings. The van der Waals surface area contributed by atoms with E-state index in [1.165, 1.54) is 13.2 Å². The lowest BCUT2D eigenvalue weighted by molar-refractivity contribution is -0.134. The van der Waals surface area contributed by atoms with Crippen LogP contribution < -0.4 is 11.2 Å². The number of carbonyl (C=O) groups excluding carboxylic acids is 1. The van der Waals surface area contributed by atoms with Gasteiger partial charge in [-0.25, -0.2) is 4.79 Å². The quantitative estimate of drug-likeness (QED) is 0.778. The summed E-state index contributed by atoms with van der Waals surface area (Å²) in [4.78, 5) is 43.2. The number of nitrogens with zero attached hydrogens (tertiary/aromatic N) is 3. The highest BCUT2D eigenvalue weighted by molar-refractivity contribution is 5.79. The van der Waals surface area contributed by atoms with Gasteiger partial charge in [-0.05, 0) is 19.3 Å². The van der Waals surface area contributed by atoms with E-state index in [1.807, 2.05) is 4.90 Å². The molecule has 0 unspecified atom stereocenters. The molecule has 0 saturated carbocycles. The zero-order valence-electron chi connectivity index (χ0n) is 14.7. The standard InChI is InChI=1S/C17H26N4O4/c1-19-16(23)13(11-18-17(19)24)10-15(22)21-5-3-2-4-14(21)12-20-6-8-25-9-7-20/h11,14H,2-10,12H2,1H3,(H,18,24)/t14-/m1/s1. The first-order valence-electron chi connectivity index (χ1n) is 8.93. The smallest absolute Gasteiger partial charge is 0.328 e. The molecule has 1 N–H and O–H groups in total. The lowest BCUT2D eigenvalue weighted by Crippen LogP contribution is -2.52. The van der Waals surface area contributed by atoms with Gasteiger partial charge in [0.05, 0.1) is 19.6 Å². The molecule has 0 aromatic carbocycles. The molecule has 8 nitrogen and oxygen atoms in total. The van der Waals surface area contributed by atoms with Gasteiger partial charge in [0.15, 0.2) is 0 Å². The van der Waals surface area contributed by atoms with Crippen LogP contribution in [0, 0.1) is 0 Å². The van der Waals surface area contributed by atoms with Crippen molar-refractivity contribution >= 4 is 5.91 Å². The van der Waals surface area contributed by atoms with E-state index < -0.39 is 11.2 Å². The molecule has 0 aliphatic carbocycles. The van der Waals surface area contributed by atoms with Gasteiger partial charge >= 0.3 is 5.69 Å². The summed E-state index contributed by atoms with van der Waals surface area (Å²) < 4.78 is 6.39. The Morgan fingerprint density at radius 2 is 2.00 bits per heavy atom. The van der Waals surface area contributed by atoms with Crippen molar-refractivity contribution in [2.75, 3.05) is 39.4 Å². The predicted molar refractivity (Wildman–Crippen MR) is 92.6 cm³/mol. The van der Waals surface area contributed by atoms with Crippen LogP contribution in [-0.2, 0) is 23.0 Å². The van der Waals surface area contributed by atoms with Gasteiger partial charge in [-0.3, -0.25) is 19.1 Å². The van der Waals surface area contributed by atoms with E-state index >= 15 is 0 Å². The van der Waals surface area contributed by atoms with Crippen molar-refractivity contribution in [1.29, 1.82) is 0 Å². The minimum Gasteiger partial charge on any atom is -0.379 e. The van der Waals surface area contributed by atoms with Gasteiger partial charge in [0.1, 0.15) is 0 Å². The molecule has 0 bridgehead atoms. The molecule has 1 aromatic rings. The first-order valence-corrected chi connectivity index (χ1v) is 8.93. The first kappa shape index (κ1) is 17.9. The fraction of sp³-hybridized carbons (Fsp3) is 0.706. The molecule has 138 valence electrons. The molecule has 1 aromatic heterocycles. The number of H-pyrrole nitrogens is 1. The summed E-state index contributed by atoms with van der Waals surface area (Å²) in [6, 6.07) is 0.186. The second kappa shape index (κ2) is 7.97. The van der Waals surface area contributed by atoms with E-state index in [-0.39, 0.29) is 18.4 Å². The SMILES string of the molecule is Cn1c(=O)[nH]cc(CC(=O)N2CCCC[C@@H]2CN2CCOCC2)c1=O. The maximum Gasteiger partial charge on any atom is 0.328 e. The summed E-state index contributed by atoms with van der Waals surface area (Å²) in [5, 5.41) is 0. The zero-order valence-corrected chi connectivity index (χ0v) is 14.7. The highest BCUT2D eigenvalue weighted by atomic mass is 16.5. The third-order valence-corrected chi connectivity index (χ3v) is 5.12. The van der Waals surface area contributed by atoms with Crippen molar-refractivity contribution in [2.45, 2.75) is 31.7 Å². The number of aromatic amines is 1. The zero-order chi connectivity index (χ0) is 17.8. The molecule has 0 spiro atoms. The maximum atomic E-state index is 12.8. The topological polar surface area (TPSA) is 87.6 Å². The van der Waals surface area contributed by atoms with Crippen molar-refractivity contribution in [2.24, 2.45) is 7.05 Å². The highest BCUT2D eigenvalue weighted by Gasteiger charge is 2.29. The number of piperidine rings is 1. The van der Waals surface area contributed by atoms with Crippen molar-refractivity contribution in [3.63, 3.8) is 0 Å². The normalized spacial score (nSPS) is 22.1. The molecule has 1 atom stereocenters. The summed E-state index contributed by atoms with van der Waals surface area (Å²) in [6.07, 6.45) is 4.51. The number of hydrogen-bond donors (Lipinski definition) is 1. The largest absolute Gasteiger partial charge is 0.379 e. The van der Waals surface area contributed by atoms with Crippen LogP contribution in [-0.4, -0.2) is 70.7 Å². The number of hydrogen-bond acceptors (Lipinski definition) is 5. The molecular formula is C17H26N4O4. The monoisotopic (exact) mass is 350 g/mol. The summed E-state index contributed by atoms with van der Waals surface area (Å²) in [6.45, 7) is 4.89. The minimum atomic E-state index is -0.468. The molecular weight excluding hydrogens is 324 g/mol. The van der Waals surface area contributed by atoms with E-state index in [0.29, 0.717) is 5.56 Å². The van der Waals surface area contributed by atoms with Crippen molar-refractivity contribution < 1.29 is 9.53 Å². The number of likely N-dealkylation sites (tertiary alicyclic amines) is 1. The minimum absolute atomic E-state index is 0.0308. The summed E-state index contributed by atoms with van der Waals surface area (Å²) >= 11 is 0. The van der Waals surface area contributed by atoms with Crippen LogP contribution in [0.2, 0.25) is 0 Å². The second-order valence-corrected chi connectivity index (χ2v) is 6.81. The summed E-state index contributed by atoms with van der Waals surface area (Å²) in [7, 11) is 1.41. The van der Waals surface area contributed by atoms with Crippen LogP contribution >= 0.6 is 0 Å². The summed E-state index contributed by atoms with van der Waals surface area (Å²) in [5.74, 6) is -0.0397. The Hall–Kier alpha value is -1.93. The second-order valence-electron chi connectivity index (χ2n) is 6.81. The molecule has 1 amide bonds. The number of carbonyl (C=O) groups is 1.